The van der Waals surface area contributed by atoms with E-state index in [9.17, 15) is 4.79 Å². The fraction of sp³-hybridized carbons (Fsp3) is 0.600. The highest BCUT2D eigenvalue weighted by Crippen LogP contribution is 2.04. The zero-order chi connectivity index (χ0) is 11.5. The second kappa shape index (κ2) is 4.44. The Balaban J connectivity index is 2.61. The third-order valence-corrected chi connectivity index (χ3v) is 2.37. The average molecular weight is 211 g/mol. The van der Waals surface area contributed by atoms with Crippen molar-refractivity contribution in [2.75, 3.05) is 0 Å². The van der Waals surface area contributed by atoms with Crippen molar-refractivity contribution in [1.29, 1.82) is 0 Å². The average Bonchev–Trinajstić information content (AvgIpc) is 2.61. The number of aliphatic carboxylic acids is 1. The van der Waals surface area contributed by atoms with E-state index in [4.69, 9.17) is 5.11 Å². The van der Waals surface area contributed by atoms with Gasteiger partial charge >= 0.3 is 5.97 Å². The fourth-order valence-corrected chi connectivity index (χ4v) is 1.17. The molecule has 0 aliphatic heterocycles. The molecule has 0 saturated heterocycles. The summed E-state index contributed by atoms with van der Waals surface area (Å²) in [5.74, 6) is -0.0103. The van der Waals surface area contributed by atoms with Crippen LogP contribution in [0, 0.1) is 0 Å². The molecule has 0 spiro atoms. The molecule has 0 aliphatic rings. The van der Waals surface area contributed by atoms with Crippen molar-refractivity contribution in [3.05, 3.63) is 18.2 Å². The van der Waals surface area contributed by atoms with Crippen LogP contribution in [0.15, 0.2) is 12.4 Å². The van der Waals surface area contributed by atoms with E-state index in [-0.39, 0.29) is 0 Å². The molecule has 0 amide bonds. The van der Waals surface area contributed by atoms with Crippen molar-refractivity contribution >= 4 is 5.97 Å². The Kier molecular flexibility index (Phi) is 3.47. The van der Waals surface area contributed by atoms with E-state index in [0.717, 1.165) is 12.4 Å². The molecular weight excluding hydrogens is 194 g/mol. The monoisotopic (exact) mass is 211 g/mol. The van der Waals surface area contributed by atoms with Gasteiger partial charge in [0.2, 0.25) is 0 Å². The SMILES string of the molecule is CCn1ccnc1CNC(C)(C)C(=O)O. The first-order chi connectivity index (χ1) is 6.97. The summed E-state index contributed by atoms with van der Waals surface area (Å²) < 4.78 is 1.98. The Bertz CT molecular complexity index is 344. The second-order valence-electron chi connectivity index (χ2n) is 3.91. The summed E-state index contributed by atoms with van der Waals surface area (Å²) in [6, 6.07) is 0. The molecule has 1 aromatic heterocycles. The topological polar surface area (TPSA) is 67.2 Å². The molecule has 1 aromatic rings. The Labute approximate surface area is 89.1 Å². The summed E-state index contributed by atoms with van der Waals surface area (Å²) in [5, 5.41) is 11.9. The first kappa shape index (κ1) is 11.7. The van der Waals surface area contributed by atoms with Gasteiger partial charge in [-0.15, -0.1) is 0 Å². The second-order valence-corrected chi connectivity index (χ2v) is 3.91. The molecule has 0 fully saturated rings. The summed E-state index contributed by atoms with van der Waals surface area (Å²) in [6.07, 6.45) is 3.60. The first-order valence-electron chi connectivity index (χ1n) is 4.96. The molecule has 1 rings (SSSR count). The van der Waals surface area contributed by atoms with Gasteiger partial charge in [-0.1, -0.05) is 0 Å². The molecular formula is C10H17N3O2. The van der Waals surface area contributed by atoms with Gasteiger partial charge in [0.1, 0.15) is 11.4 Å². The molecule has 5 heteroatoms. The predicted octanol–water partition coefficient (Wildman–Crippen LogP) is 0.856. The summed E-state index contributed by atoms with van der Waals surface area (Å²) in [5.41, 5.74) is -0.926. The molecule has 0 unspecified atom stereocenters. The van der Waals surface area contributed by atoms with Gasteiger partial charge in [-0.3, -0.25) is 10.1 Å². The highest BCUT2D eigenvalue weighted by atomic mass is 16.4. The molecule has 2 N–H and O–H groups in total. The van der Waals surface area contributed by atoms with Crippen molar-refractivity contribution in [3.63, 3.8) is 0 Å². The fourth-order valence-electron chi connectivity index (χ4n) is 1.17. The van der Waals surface area contributed by atoms with Crippen molar-refractivity contribution < 1.29 is 9.90 Å². The molecule has 0 aliphatic carbocycles. The smallest absolute Gasteiger partial charge is 0.323 e. The number of imidazole rings is 1. The molecule has 0 saturated carbocycles. The quantitative estimate of drug-likeness (QED) is 0.758. The molecule has 0 atom stereocenters. The van der Waals surface area contributed by atoms with E-state index >= 15 is 0 Å². The van der Waals surface area contributed by atoms with E-state index in [0.29, 0.717) is 6.54 Å². The van der Waals surface area contributed by atoms with Crippen molar-refractivity contribution in [2.24, 2.45) is 0 Å². The number of carboxylic acids is 1. The van der Waals surface area contributed by atoms with Crippen LogP contribution >= 0.6 is 0 Å². The van der Waals surface area contributed by atoms with Crippen LogP contribution in [0.5, 0.6) is 0 Å². The van der Waals surface area contributed by atoms with Crippen LogP contribution in [-0.2, 0) is 17.9 Å². The van der Waals surface area contributed by atoms with Crippen LogP contribution in [0.3, 0.4) is 0 Å². The Morgan fingerprint density at radius 3 is 2.87 bits per heavy atom. The van der Waals surface area contributed by atoms with E-state index in [2.05, 4.69) is 10.3 Å². The number of hydrogen-bond donors (Lipinski definition) is 2. The lowest BCUT2D eigenvalue weighted by Gasteiger charge is -2.20. The Morgan fingerprint density at radius 2 is 2.33 bits per heavy atom. The highest BCUT2D eigenvalue weighted by molar-refractivity contribution is 5.77. The maximum absolute atomic E-state index is 10.8. The Morgan fingerprint density at radius 1 is 1.67 bits per heavy atom. The minimum absolute atomic E-state index is 0.458. The van der Waals surface area contributed by atoms with Crippen molar-refractivity contribution in [1.82, 2.24) is 14.9 Å². The molecule has 0 bridgehead atoms. The van der Waals surface area contributed by atoms with Crippen LogP contribution in [0.4, 0.5) is 0 Å². The van der Waals surface area contributed by atoms with E-state index in [1.54, 1.807) is 20.0 Å². The maximum atomic E-state index is 10.8. The van der Waals surface area contributed by atoms with Gasteiger partial charge in [-0.05, 0) is 20.8 Å². The normalized spacial score (nSPS) is 11.7. The zero-order valence-corrected chi connectivity index (χ0v) is 9.32. The van der Waals surface area contributed by atoms with Gasteiger partial charge in [-0.25, -0.2) is 4.98 Å². The largest absolute Gasteiger partial charge is 0.480 e. The van der Waals surface area contributed by atoms with Crippen LogP contribution < -0.4 is 5.32 Å². The number of rotatable bonds is 5. The third-order valence-electron chi connectivity index (χ3n) is 2.37. The number of carbonyl (C=O) groups is 1. The van der Waals surface area contributed by atoms with Crippen LogP contribution in [0.2, 0.25) is 0 Å². The number of nitrogens with one attached hydrogen (secondary N) is 1. The van der Waals surface area contributed by atoms with Gasteiger partial charge in [0.25, 0.3) is 0 Å². The highest BCUT2D eigenvalue weighted by Gasteiger charge is 2.26. The summed E-state index contributed by atoms with van der Waals surface area (Å²) in [6.45, 7) is 6.58. The molecule has 1 heterocycles. The third kappa shape index (κ3) is 2.79. The minimum Gasteiger partial charge on any atom is -0.480 e. The number of nitrogens with zero attached hydrogens (tertiary/aromatic N) is 2. The van der Waals surface area contributed by atoms with Crippen LogP contribution in [-0.4, -0.2) is 26.2 Å². The first-order valence-corrected chi connectivity index (χ1v) is 4.96. The molecule has 0 aromatic carbocycles. The lowest BCUT2D eigenvalue weighted by Crippen LogP contribution is -2.46. The van der Waals surface area contributed by atoms with Crippen molar-refractivity contribution in [3.8, 4) is 0 Å². The van der Waals surface area contributed by atoms with Crippen LogP contribution in [0.1, 0.15) is 26.6 Å². The predicted molar refractivity (Wildman–Crippen MR) is 56.5 cm³/mol. The molecule has 84 valence electrons. The van der Waals surface area contributed by atoms with Gasteiger partial charge in [0.15, 0.2) is 0 Å². The van der Waals surface area contributed by atoms with Gasteiger partial charge < -0.3 is 9.67 Å². The van der Waals surface area contributed by atoms with E-state index in [1.165, 1.54) is 0 Å². The van der Waals surface area contributed by atoms with Crippen LogP contribution in [0.25, 0.3) is 0 Å². The summed E-state index contributed by atoms with van der Waals surface area (Å²) in [4.78, 5) is 15.0. The minimum atomic E-state index is -0.926. The van der Waals surface area contributed by atoms with Gasteiger partial charge in [0, 0.05) is 18.9 Å². The molecule has 0 radical (unpaired) electrons. The summed E-state index contributed by atoms with van der Waals surface area (Å²) in [7, 11) is 0. The number of aryl methyl sites for hydroxylation is 1. The lowest BCUT2D eigenvalue weighted by molar-refractivity contribution is -0.143. The molecule has 15 heavy (non-hydrogen) atoms. The van der Waals surface area contributed by atoms with Gasteiger partial charge in [-0.2, -0.15) is 0 Å². The van der Waals surface area contributed by atoms with E-state index in [1.807, 2.05) is 17.7 Å². The van der Waals surface area contributed by atoms with E-state index < -0.39 is 11.5 Å². The zero-order valence-electron chi connectivity index (χ0n) is 9.32. The summed E-state index contributed by atoms with van der Waals surface area (Å²) >= 11 is 0. The maximum Gasteiger partial charge on any atom is 0.323 e. The van der Waals surface area contributed by atoms with Gasteiger partial charge in [0.05, 0.1) is 6.54 Å². The Hall–Kier alpha value is -1.36. The van der Waals surface area contributed by atoms with Crippen molar-refractivity contribution in [2.45, 2.75) is 39.4 Å². The molecule has 5 nitrogen and oxygen atoms in total. The number of aromatic nitrogens is 2. The number of carboxylic acid groups (broad SMARTS) is 1. The standard InChI is InChI=1S/C10H17N3O2/c1-4-13-6-5-11-8(13)7-12-10(2,3)9(14)15/h5-6,12H,4,7H2,1-3H3,(H,14,15). The lowest BCUT2D eigenvalue weighted by atomic mass is 10.1. The number of hydrogen-bond acceptors (Lipinski definition) is 3.